The highest BCUT2D eigenvalue weighted by atomic mass is 16.4. The number of aryl methyl sites for hydroxylation is 2. The molecule has 4 rings (SSSR count). The third-order valence-corrected chi connectivity index (χ3v) is 3.72. The fraction of sp³-hybridized carbons (Fsp3) is 0.267. The Hall–Kier alpha value is -2.23. The molecule has 0 saturated heterocycles. The molecule has 19 heavy (non-hydrogen) atoms. The molecule has 0 spiro atoms. The maximum atomic E-state index is 12.1. The summed E-state index contributed by atoms with van der Waals surface area (Å²) in [4.78, 5) is 20.9. The second-order valence-electron chi connectivity index (χ2n) is 4.92. The van der Waals surface area contributed by atoms with E-state index < -0.39 is 0 Å². The van der Waals surface area contributed by atoms with Crippen LogP contribution in [0.4, 0.5) is 0 Å². The van der Waals surface area contributed by atoms with Gasteiger partial charge in [0.2, 0.25) is 0 Å². The van der Waals surface area contributed by atoms with Crippen molar-refractivity contribution in [2.45, 2.75) is 25.7 Å². The molecular formula is C15H12N2O2. The number of fused-ring (bicyclic) bond motifs is 4. The average Bonchev–Trinajstić information content (AvgIpc) is 2.46. The smallest absolute Gasteiger partial charge is 0.345 e. The van der Waals surface area contributed by atoms with Crippen molar-refractivity contribution in [3.63, 3.8) is 0 Å². The molecule has 1 aliphatic carbocycles. The summed E-state index contributed by atoms with van der Waals surface area (Å²) in [5, 5.41) is 0.548. The molecule has 0 atom stereocenters. The lowest BCUT2D eigenvalue weighted by molar-refractivity contribution is 0.435. The maximum absolute atomic E-state index is 12.1. The van der Waals surface area contributed by atoms with Crippen molar-refractivity contribution in [2.75, 3.05) is 0 Å². The molecule has 0 bridgehead atoms. The predicted molar refractivity (Wildman–Crippen MR) is 72.2 cm³/mol. The Kier molecular flexibility index (Phi) is 2.18. The highest BCUT2D eigenvalue weighted by Crippen LogP contribution is 2.27. The molecule has 0 unspecified atom stereocenters. The van der Waals surface area contributed by atoms with Gasteiger partial charge in [0, 0.05) is 18.2 Å². The zero-order valence-corrected chi connectivity index (χ0v) is 10.3. The number of hydrogen-bond donors (Lipinski definition) is 0. The van der Waals surface area contributed by atoms with Gasteiger partial charge in [-0.15, -0.1) is 0 Å². The zero-order chi connectivity index (χ0) is 12.8. The topological polar surface area (TPSA) is 56.0 Å². The monoisotopic (exact) mass is 252 g/mol. The largest absolute Gasteiger partial charge is 0.427 e. The van der Waals surface area contributed by atoms with Crippen LogP contribution in [0.15, 0.2) is 33.6 Å². The number of pyridine rings is 2. The molecule has 0 aromatic carbocycles. The summed E-state index contributed by atoms with van der Waals surface area (Å²) >= 11 is 0. The van der Waals surface area contributed by atoms with Gasteiger partial charge in [0.25, 0.3) is 0 Å². The van der Waals surface area contributed by atoms with Crippen LogP contribution in [-0.2, 0) is 12.8 Å². The first-order valence-electron chi connectivity index (χ1n) is 6.53. The van der Waals surface area contributed by atoms with E-state index in [2.05, 4.69) is 9.97 Å². The molecule has 4 nitrogen and oxygen atoms in total. The van der Waals surface area contributed by atoms with Gasteiger partial charge in [-0.25, -0.2) is 9.78 Å². The molecule has 0 amide bonds. The van der Waals surface area contributed by atoms with Gasteiger partial charge in [0.15, 0.2) is 0 Å². The Bertz CT molecular complexity index is 852. The minimum Gasteiger partial charge on any atom is -0.427 e. The molecule has 0 fully saturated rings. The molecule has 1 aliphatic rings. The van der Waals surface area contributed by atoms with Crippen molar-refractivity contribution in [1.82, 2.24) is 9.97 Å². The van der Waals surface area contributed by atoms with Crippen molar-refractivity contribution >= 4 is 21.9 Å². The Morgan fingerprint density at radius 3 is 3.00 bits per heavy atom. The Balaban J connectivity index is 2.19. The average molecular weight is 252 g/mol. The van der Waals surface area contributed by atoms with Crippen molar-refractivity contribution in [2.24, 2.45) is 0 Å². The fourth-order valence-electron chi connectivity index (χ4n) is 2.79. The quantitative estimate of drug-likeness (QED) is 0.577. The molecule has 4 heteroatoms. The van der Waals surface area contributed by atoms with E-state index in [0.29, 0.717) is 5.39 Å². The van der Waals surface area contributed by atoms with Gasteiger partial charge < -0.3 is 4.42 Å². The third kappa shape index (κ3) is 1.56. The summed E-state index contributed by atoms with van der Waals surface area (Å²) < 4.78 is 5.44. The van der Waals surface area contributed by atoms with Crippen LogP contribution in [0, 0.1) is 0 Å². The van der Waals surface area contributed by atoms with E-state index in [1.54, 1.807) is 12.3 Å². The maximum Gasteiger partial charge on any atom is 0.345 e. The van der Waals surface area contributed by atoms with Crippen molar-refractivity contribution in [3.05, 3.63) is 46.1 Å². The second kappa shape index (κ2) is 3.88. The normalized spacial score (nSPS) is 14.7. The Labute approximate surface area is 109 Å². The lowest BCUT2D eigenvalue weighted by Crippen LogP contribution is -2.11. The van der Waals surface area contributed by atoms with Gasteiger partial charge in [0.05, 0.1) is 21.9 Å². The summed E-state index contributed by atoms with van der Waals surface area (Å²) in [6.45, 7) is 0. The number of aromatic nitrogens is 2. The van der Waals surface area contributed by atoms with Crippen LogP contribution in [0.5, 0.6) is 0 Å². The first kappa shape index (κ1) is 10.7. The van der Waals surface area contributed by atoms with Gasteiger partial charge in [-0.3, -0.25) is 4.98 Å². The predicted octanol–water partition coefficient (Wildman–Crippen LogP) is 2.62. The summed E-state index contributed by atoms with van der Waals surface area (Å²) in [5.74, 6) is 0.819. The molecule has 0 radical (unpaired) electrons. The highest BCUT2D eigenvalue weighted by Gasteiger charge is 2.18. The minimum atomic E-state index is -0.296. The molecule has 3 aromatic heterocycles. The molecule has 94 valence electrons. The van der Waals surface area contributed by atoms with E-state index >= 15 is 0 Å². The van der Waals surface area contributed by atoms with Crippen LogP contribution in [0.3, 0.4) is 0 Å². The van der Waals surface area contributed by atoms with Crippen LogP contribution < -0.4 is 5.63 Å². The van der Waals surface area contributed by atoms with Gasteiger partial charge in [0.1, 0.15) is 5.76 Å². The summed E-state index contributed by atoms with van der Waals surface area (Å²) in [6.07, 6.45) is 5.69. The molecular weight excluding hydrogens is 240 g/mol. The molecule has 3 aromatic rings. The SMILES string of the molecule is O=c1oc2c(c3nc4cccnc4cc13)CCCC2. The van der Waals surface area contributed by atoms with Crippen molar-refractivity contribution in [1.29, 1.82) is 0 Å². The van der Waals surface area contributed by atoms with Crippen LogP contribution in [0.2, 0.25) is 0 Å². The van der Waals surface area contributed by atoms with Crippen molar-refractivity contribution in [3.8, 4) is 0 Å². The van der Waals surface area contributed by atoms with Crippen LogP contribution in [0.1, 0.15) is 24.2 Å². The van der Waals surface area contributed by atoms with Gasteiger partial charge in [-0.05, 0) is 37.5 Å². The standard InChI is InChI=1S/C15H12N2O2/c18-15-10-8-12-11(5-3-7-16-12)17-14(10)9-4-1-2-6-13(9)19-15/h3,5,7-8H,1-2,4,6H2. The van der Waals surface area contributed by atoms with Crippen LogP contribution >= 0.6 is 0 Å². The number of rotatable bonds is 0. The second-order valence-corrected chi connectivity index (χ2v) is 4.92. The summed E-state index contributed by atoms with van der Waals surface area (Å²) in [7, 11) is 0. The molecule has 0 saturated carbocycles. The minimum absolute atomic E-state index is 0.296. The van der Waals surface area contributed by atoms with Gasteiger partial charge in [-0.1, -0.05) is 0 Å². The molecule has 0 aliphatic heterocycles. The first-order valence-corrected chi connectivity index (χ1v) is 6.53. The zero-order valence-electron chi connectivity index (χ0n) is 10.3. The van der Waals surface area contributed by atoms with E-state index in [1.165, 1.54) is 0 Å². The first-order chi connectivity index (χ1) is 9.33. The Morgan fingerprint density at radius 2 is 2.05 bits per heavy atom. The van der Waals surface area contributed by atoms with E-state index in [-0.39, 0.29) is 5.63 Å². The highest BCUT2D eigenvalue weighted by molar-refractivity contribution is 5.91. The number of nitrogens with zero attached hydrogens (tertiary/aromatic N) is 2. The lowest BCUT2D eigenvalue weighted by atomic mass is 9.95. The number of hydrogen-bond acceptors (Lipinski definition) is 4. The third-order valence-electron chi connectivity index (χ3n) is 3.72. The van der Waals surface area contributed by atoms with Crippen molar-refractivity contribution < 1.29 is 4.42 Å². The molecule has 0 N–H and O–H groups in total. The van der Waals surface area contributed by atoms with Crippen LogP contribution in [-0.4, -0.2) is 9.97 Å². The summed E-state index contributed by atoms with van der Waals surface area (Å²) in [6, 6.07) is 5.57. The Morgan fingerprint density at radius 1 is 1.16 bits per heavy atom. The van der Waals surface area contributed by atoms with Gasteiger partial charge in [-0.2, -0.15) is 0 Å². The summed E-state index contributed by atoms with van der Waals surface area (Å²) in [5.41, 5.74) is 3.17. The molecule has 3 heterocycles. The van der Waals surface area contributed by atoms with E-state index in [4.69, 9.17) is 4.42 Å². The van der Waals surface area contributed by atoms with Gasteiger partial charge >= 0.3 is 5.63 Å². The lowest BCUT2D eigenvalue weighted by Gasteiger charge is -2.15. The van der Waals surface area contributed by atoms with E-state index in [9.17, 15) is 4.79 Å². The van der Waals surface area contributed by atoms with E-state index in [0.717, 1.165) is 53.6 Å². The fourth-order valence-corrected chi connectivity index (χ4v) is 2.79. The van der Waals surface area contributed by atoms with Crippen LogP contribution in [0.25, 0.3) is 21.9 Å². The van der Waals surface area contributed by atoms with E-state index in [1.807, 2.05) is 12.1 Å².